The average molecular weight is 188 g/mol. The minimum atomic E-state index is 0.0140. The minimum absolute atomic E-state index is 0.0140. The van der Waals surface area contributed by atoms with Crippen LogP contribution >= 0.6 is 0 Å². The number of hydrogen-bond acceptors (Lipinski definition) is 3. The van der Waals surface area contributed by atoms with E-state index < -0.39 is 0 Å². The van der Waals surface area contributed by atoms with Crippen LogP contribution in [0.4, 0.5) is 0 Å². The molecule has 0 radical (unpaired) electrons. The zero-order chi connectivity index (χ0) is 10.6. The van der Waals surface area contributed by atoms with Crippen molar-refractivity contribution in [2.24, 2.45) is 0 Å². The number of carbonyl (C=O) groups is 1. The fraction of sp³-hybridized carbons (Fsp3) is 0.364. The summed E-state index contributed by atoms with van der Waals surface area (Å²) in [5, 5.41) is 8.36. The molecule has 0 aliphatic heterocycles. The van der Waals surface area contributed by atoms with Gasteiger partial charge < -0.3 is 0 Å². The van der Waals surface area contributed by atoms with Crippen LogP contribution in [-0.4, -0.2) is 10.8 Å². The molecule has 1 heterocycles. The molecule has 0 aromatic carbocycles. The number of rotatable bonds is 3. The van der Waals surface area contributed by atoms with Crippen LogP contribution in [0.25, 0.3) is 0 Å². The molecule has 0 aliphatic carbocycles. The van der Waals surface area contributed by atoms with Gasteiger partial charge in [-0.15, -0.1) is 0 Å². The van der Waals surface area contributed by atoms with Crippen LogP contribution in [0.2, 0.25) is 0 Å². The van der Waals surface area contributed by atoms with Gasteiger partial charge in [-0.3, -0.25) is 9.78 Å². The molecule has 72 valence electrons. The molecular formula is C11H12N2O. The standard InChI is InChI=1S/C11H12N2O/c1-8-6-10(7-9(2)13-8)11(14)4-3-5-12/h6-7H,3-4H2,1-2H3. The topological polar surface area (TPSA) is 53.8 Å². The van der Waals surface area contributed by atoms with Gasteiger partial charge in [0.25, 0.3) is 0 Å². The Morgan fingerprint density at radius 1 is 1.43 bits per heavy atom. The summed E-state index contributed by atoms with van der Waals surface area (Å²) in [6.07, 6.45) is 0.568. The van der Waals surface area contributed by atoms with E-state index >= 15 is 0 Å². The number of nitriles is 1. The second-order valence-corrected chi connectivity index (χ2v) is 3.22. The third-order valence-electron chi connectivity index (χ3n) is 1.87. The number of carbonyl (C=O) groups excluding carboxylic acids is 1. The zero-order valence-electron chi connectivity index (χ0n) is 8.37. The Kier molecular flexibility index (Phi) is 3.35. The Hall–Kier alpha value is -1.69. The van der Waals surface area contributed by atoms with E-state index in [1.54, 1.807) is 12.1 Å². The first-order chi connectivity index (χ1) is 6.63. The number of hydrogen-bond donors (Lipinski definition) is 0. The Bertz CT molecular complexity index is 371. The third-order valence-corrected chi connectivity index (χ3v) is 1.87. The van der Waals surface area contributed by atoms with E-state index in [0.717, 1.165) is 11.4 Å². The van der Waals surface area contributed by atoms with Crippen LogP contribution in [0.3, 0.4) is 0 Å². The molecule has 0 unspecified atom stereocenters. The molecule has 1 rings (SSSR count). The number of aryl methyl sites for hydroxylation is 2. The molecule has 0 bridgehead atoms. The van der Waals surface area contributed by atoms with E-state index in [0.29, 0.717) is 12.0 Å². The highest BCUT2D eigenvalue weighted by Crippen LogP contribution is 2.08. The van der Waals surface area contributed by atoms with E-state index in [-0.39, 0.29) is 12.2 Å². The molecule has 0 aliphatic rings. The molecular weight excluding hydrogens is 176 g/mol. The van der Waals surface area contributed by atoms with Gasteiger partial charge in [0.05, 0.1) is 6.07 Å². The first-order valence-corrected chi connectivity index (χ1v) is 4.49. The smallest absolute Gasteiger partial charge is 0.164 e. The van der Waals surface area contributed by atoms with Gasteiger partial charge in [0, 0.05) is 29.8 Å². The monoisotopic (exact) mass is 188 g/mol. The highest BCUT2D eigenvalue weighted by molar-refractivity contribution is 5.96. The molecule has 3 nitrogen and oxygen atoms in total. The SMILES string of the molecule is Cc1cc(C(=O)CCC#N)cc(C)n1. The Morgan fingerprint density at radius 2 is 2.00 bits per heavy atom. The molecule has 0 amide bonds. The van der Waals surface area contributed by atoms with Crippen molar-refractivity contribution in [3.05, 3.63) is 29.1 Å². The largest absolute Gasteiger partial charge is 0.294 e. The summed E-state index contributed by atoms with van der Waals surface area (Å²) < 4.78 is 0. The van der Waals surface area contributed by atoms with Crippen molar-refractivity contribution in [3.63, 3.8) is 0 Å². The van der Waals surface area contributed by atoms with Gasteiger partial charge in [-0.2, -0.15) is 5.26 Å². The maximum Gasteiger partial charge on any atom is 0.164 e. The maximum absolute atomic E-state index is 11.5. The number of ketones is 1. The lowest BCUT2D eigenvalue weighted by Crippen LogP contribution is -2.01. The van der Waals surface area contributed by atoms with Crippen molar-refractivity contribution < 1.29 is 4.79 Å². The summed E-state index contributed by atoms with van der Waals surface area (Å²) >= 11 is 0. The van der Waals surface area contributed by atoms with E-state index in [4.69, 9.17) is 5.26 Å². The van der Waals surface area contributed by atoms with Crippen LogP contribution in [-0.2, 0) is 0 Å². The first kappa shape index (κ1) is 10.4. The van der Waals surface area contributed by atoms with Crippen LogP contribution in [0.1, 0.15) is 34.6 Å². The van der Waals surface area contributed by atoms with Crippen molar-refractivity contribution in [1.29, 1.82) is 5.26 Å². The molecule has 0 saturated heterocycles. The highest BCUT2D eigenvalue weighted by Gasteiger charge is 2.06. The van der Waals surface area contributed by atoms with Crippen molar-refractivity contribution in [2.45, 2.75) is 26.7 Å². The average Bonchev–Trinajstić information content (AvgIpc) is 2.12. The van der Waals surface area contributed by atoms with Crippen LogP contribution in [0.15, 0.2) is 12.1 Å². The molecule has 0 fully saturated rings. The van der Waals surface area contributed by atoms with Gasteiger partial charge in [-0.05, 0) is 26.0 Å². The Labute approximate surface area is 83.4 Å². The van der Waals surface area contributed by atoms with E-state index in [1.807, 2.05) is 19.9 Å². The Balaban J connectivity index is 2.85. The number of aromatic nitrogens is 1. The molecule has 0 N–H and O–H groups in total. The van der Waals surface area contributed by atoms with Crippen LogP contribution in [0, 0.1) is 25.2 Å². The summed E-state index contributed by atoms with van der Waals surface area (Å²) in [6, 6.07) is 5.47. The zero-order valence-corrected chi connectivity index (χ0v) is 8.37. The van der Waals surface area contributed by atoms with Crippen molar-refractivity contribution in [3.8, 4) is 6.07 Å². The summed E-state index contributed by atoms with van der Waals surface area (Å²) in [5.41, 5.74) is 2.33. The van der Waals surface area contributed by atoms with Crippen molar-refractivity contribution >= 4 is 5.78 Å². The second kappa shape index (κ2) is 4.52. The quantitative estimate of drug-likeness (QED) is 0.683. The predicted molar refractivity (Wildman–Crippen MR) is 52.9 cm³/mol. The number of Topliss-reactive ketones (excluding diaryl/α,β-unsaturated/α-hetero) is 1. The lowest BCUT2D eigenvalue weighted by atomic mass is 10.1. The fourth-order valence-electron chi connectivity index (χ4n) is 1.31. The molecule has 1 aromatic heterocycles. The van der Waals surface area contributed by atoms with Gasteiger partial charge in [0.15, 0.2) is 5.78 Å². The molecule has 0 atom stereocenters. The number of nitrogens with zero attached hydrogens (tertiary/aromatic N) is 2. The normalized spacial score (nSPS) is 9.50. The maximum atomic E-state index is 11.5. The molecule has 0 saturated carbocycles. The van der Waals surface area contributed by atoms with Gasteiger partial charge in [-0.25, -0.2) is 0 Å². The van der Waals surface area contributed by atoms with Crippen molar-refractivity contribution in [2.75, 3.05) is 0 Å². The number of pyridine rings is 1. The van der Waals surface area contributed by atoms with Gasteiger partial charge in [0.1, 0.15) is 0 Å². The second-order valence-electron chi connectivity index (χ2n) is 3.22. The molecule has 14 heavy (non-hydrogen) atoms. The third kappa shape index (κ3) is 2.67. The fourth-order valence-corrected chi connectivity index (χ4v) is 1.31. The summed E-state index contributed by atoms with van der Waals surface area (Å²) in [5.74, 6) is 0.0140. The van der Waals surface area contributed by atoms with Gasteiger partial charge >= 0.3 is 0 Å². The van der Waals surface area contributed by atoms with Crippen molar-refractivity contribution in [1.82, 2.24) is 4.98 Å². The molecule has 3 heteroatoms. The van der Waals surface area contributed by atoms with E-state index in [1.165, 1.54) is 0 Å². The van der Waals surface area contributed by atoms with Gasteiger partial charge in [0.2, 0.25) is 0 Å². The Morgan fingerprint density at radius 3 is 2.50 bits per heavy atom. The van der Waals surface area contributed by atoms with Gasteiger partial charge in [-0.1, -0.05) is 0 Å². The lowest BCUT2D eigenvalue weighted by Gasteiger charge is -2.01. The van der Waals surface area contributed by atoms with E-state index in [9.17, 15) is 4.79 Å². The molecule has 0 spiro atoms. The molecule has 1 aromatic rings. The lowest BCUT2D eigenvalue weighted by molar-refractivity contribution is 0.0984. The highest BCUT2D eigenvalue weighted by atomic mass is 16.1. The predicted octanol–water partition coefficient (Wildman–Crippen LogP) is 2.18. The first-order valence-electron chi connectivity index (χ1n) is 4.49. The van der Waals surface area contributed by atoms with E-state index in [2.05, 4.69) is 4.98 Å². The van der Waals surface area contributed by atoms with Crippen LogP contribution in [0.5, 0.6) is 0 Å². The van der Waals surface area contributed by atoms with Crippen LogP contribution < -0.4 is 0 Å². The summed E-state index contributed by atoms with van der Waals surface area (Å²) in [4.78, 5) is 15.7. The summed E-state index contributed by atoms with van der Waals surface area (Å²) in [7, 11) is 0. The minimum Gasteiger partial charge on any atom is -0.294 e. The summed E-state index contributed by atoms with van der Waals surface area (Å²) in [6.45, 7) is 3.71.